The molecule has 0 bridgehead atoms. The number of carboxylic acid groups (broad SMARTS) is 1. The van der Waals surface area contributed by atoms with E-state index in [9.17, 15) is 38.1 Å². The van der Waals surface area contributed by atoms with Crippen LogP contribution in [0.1, 0.15) is 49.3 Å². The number of fused-ring (bicyclic) bond motifs is 1. The topological polar surface area (TPSA) is 227 Å². The molecule has 2 fully saturated rings. The third-order valence-electron chi connectivity index (χ3n) is 10.1. The fourth-order valence-corrected chi connectivity index (χ4v) is 7.14. The van der Waals surface area contributed by atoms with Gasteiger partial charge in [-0.05, 0) is 36.1 Å². The molecule has 59 heavy (non-hydrogen) atoms. The minimum Gasteiger partial charge on any atom is -0.508 e. The van der Waals surface area contributed by atoms with Gasteiger partial charge in [-0.15, -0.1) is 0 Å². The van der Waals surface area contributed by atoms with Crippen molar-refractivity contribution in [3.05, 3.63) is 102 Å². The van der Waals surface area contributed by atoms with Crippen molar-refractivity contribution in [1.82, 2.24) is 30.2 Å². The number of anilines is 3. The highest BCUT2D eigenvalue weighted by atomic mass is 19.4. The third kappa shape index (κ3) is 10.3. The number of rotatable bonds is 11. The summed E-state index contributed by atoms with van der Waals surface area (Å²) in [4.78, 5) is 50.5. The van der Waals surface area contributed by atoms with Crippen molar-refractivity contribution in [2.75, 3.05) is 35.2 Å². The molecule has 3 aromatic carbocycles. The molecule has 19 heteroatoms. The third-order valence-corrected chi connectivity index (χ3v) is 10.1. The number of halogens is 3. The predicted octanol–water partition coefficient (Wildman–Crippen LogP) is 4.37. The van der Waals surface area contributed by atoms with Crippen molar-refractivity contribution < 1.29 is 48.0 Å². The fourth-order valence-electron chi connectivity index (χ4n) is 7.14. The van der Waals surface area contributed by atoms with Crippen LogP contribution in [0.25, 0.3) is 11.2 Å². The summed E-state index contributed by atoms with van der Waals surface area (Å²) in [5.74, 6) is -1.97. The second-order valence-corrected chi connectivity index (χ2v) is 14.1. The highest BCUT2D eigenvalue weighted by Crippen LogP contribution is 2.36. The van der Waals surface area contributed by atoms with Gasteiger partial charge >= 0.3 is 18.2 Å². The van der Waals surface area contributed by atoms with Crippen molar-refractivity contribution in [1.29, 1.82) is 0 Å². The van der Waals surface area contributed by atoms with Crippen LogP contribution in [0.5, 0.6) is 5.75 Å². The first-order chi connectivity index (χ1) is 28.2. The van der Waals surface area contributed by atoms with E-state index in [1.54, 1.807) is 30.0 Å². The molecule has 0 unspecified atom stereocenters. The summed E-state index contributed by atoms with van der Waals surface area (Å²) < 4.78 is 33.5. The Bertz CT molecular complexity index is 2190. The zero-order chi connectivity index (χ0) is 42.3. The van der Waals surface area contributed by atoms with E-state index < -0.39 is 36.4 Å². The number of carboxylic acids is 1. The number of urea groups is 1. The molecule has 3 heterocycles. The Morgan fingerprint density at radius 3 is 2.19 bits per heavy atom. The number of phenols is 1. The lowest BCUT2D eigenvalue weighted by Gasteiger charge is -2.22. The van der Waals surface area contributed by atoms with Gasteiger partial charge in [0.1, 0.15) is 18.0 Å². The van der Waals surface area contributed by atoms with E-state index in [-0.39, 0.29) is 42.5 Å². The molecule has 8 N–H and O–H groups in total. The Balaban J connectivity index is 0.000000768. The zero-order valence-electron chi connectivity index (χ0n) is 31.8. The number of aromatic nitrogens is 4. The van der Waals surface area contributed by atoms with Crippen LogP contribution in [0, 0.1) is 0 Å². The summed E-state index contributed by atoms with van der Waals surface area (Å²) in [6.45, 7) is 3.25. The summed E-state index contributed by atoms with van der Waals surface area (Å²) in [7, 11) is 0. The molecule has 5 aromatic rings. The summed E-state index contributed by atoms with van der Waals surface area (Å²) in [5.41, 5.74) is 3.73. The van der Waals surface area contributed by atoms with Crippen molar-refractivity contribution in [2.45, 2.75) is 68.6 Å². The largest absolute Gasteiger partial charge is 0.508 e. The second-order valence-electron chi connectivity index (χ2n) is 14.1. The van der Waals surface area contributed by atoms with Crippen molar-refractivity contribution in [3.63, 3.8) is 0 Å². The lowest BCUT2D eigenvalue weighted by Crippen LogP contribution is -2.42. The molecule has 2 aliphatic rings. The van der Waals surface area contributed by atoms with Gasteiger partial charge in [0.2, 0.25) is 11.9 Å². The quantitative estimate of drug-likeness (QED) is 0.0930. The first-order valence-corrected chi connectivity index (χ1v) is 18.9. The van der Waals surface area contributed by atoms with E-state index >= 15 is 0 Å². The van der Waals surface area contributed by atoms with Gasteiger partial charge in [-0.25, -0.2) is 14.6 Å². The number of phenolic OH excluding ortho intramolecular Hbond substituents is 1. The number of nitrogens with one attached hydrogen (secondary N) is 4. The van der Waals surface area contributed by atoms with Gasteiger partial charge in [-0.2, -0.15) is 23.1 Å². The van der Waals surface area contributed by atoms with Crippen molar-refractivity contribution >= 4 is 46.5 Å². The molecule has 3 amide bonds. The number of aliphatic carboxylic acids is 1. The molecular formula is C40H44F3N9O7. The Morgan fingerprint density at radius 1 is 0.915 bits per heavy atom. The van der Waals surface area contributed by atoms with Crippen LogP contribution in [0.3, 0.4) is 0 Å². The molecular weight excluding hydrogens is 775 g/mol. The number of hydrogen-bond acceptors (Lipinski definition) is 11. The lowest BCUT2D eigenvalue weighted by atomic mass is 9.91. The molecule has 2 aromatic heterocycles. The van der Waals surface area contributed by atoms with E-state index in [0.29, 0.717) is 54.7 Å². The van der Waals surface area contributed by atoms with Crippen LogP contribution in [-0.4, -0.2) is 108 Å². The Morgan fingerprint density at radius 2 is 1.58 bits per heavy atom. The van der Waals surface area contributed by atoms with Crippen molar-refractivity contribution in [2.24, 2.45) is 0 Å². The highest BCUT2D eigenvalue weighted by Gasteiger charge is 2.44. The molecule has 0 radical (unpaired) electrons. The molecule has 312 valence electrons. The maximum absolute atomic E-state index is 12.8. The van der Waals surface area contributed by atoms with E-state index in [1.165, 1.54) is 12.1 Å². The first-order valence-electron chi connectivity index (χ1n) is 18.9. The van der Waals surface area contributed by atoms with Crippen molar-refractivity contribution in [3.8, 4) is 5.75 Å². The summed E-state index contributed by atoms with van der Waals surface area (Å²) in [6.07, 6.45) is -4.61. The molecule has 1 saturated carbocycles. The number of nitrogens with zero attached hydrogens (tertiary/aromatic N) is 5. The van der Waals surface area contributed by atoms with Gasteiger partial charge < -0.3 is 51.2 Å². The van der Waals surface area contributed by atoms with E-state index in [4.69, 9.17) is 24.9 Å². The van der Waals surface area contributed by atoms with Crippen LogP contribution in [0.15, 0.2) is 91.3 Å². The fraction of sp³-hybridized carbons (Fsp3) is 0.350. The number of imidazole rings is 1. The van der Waals surface area contributed by atoms with E-state index in [2.05, 4.69) is 45.5 Å². The maximum atomic E-state index is 12.8. The number of hydrogen-bond donors (Lipinski definition) is 8. The van der Waals surface area contributed by atoms with Crippen LogP contribution < -0.4 is 26.2 Å². The van der Waals surface area contributed by atoms with Gasteiger partial charge in [0.25, 0.3) is 0 Å². The molecule has 1 aliphatic heterocycles. The molecule has 5 atom stereocenters. The van der Waals surface area contributed by atoms with E-state index in [0.717, 1.165) is 11.1 Å². The summed E-state index contributed by atoms with van der Waals surface area (Å²) in [6, 6.07) is 25.0. The van der Waals surface area contributed by atoms with Crippen LogP contribution in [0.2, 0.25) is 0 Å². The smallest absolute Gasteiger partial charge is 0.490 e. The van der Waals surface area contributed by atoms with Crippen LogP contribution in [0.4, 0.5) is 35.4 Å². The van der Waals surface area contributed by atoms with Gasteiger partial charge in [0.05, 0.1) is 18.4 Å². The molecule has 16 nitrogen and oxygen atoms in total. The average Bonchev–Trinajstić information content (AvgIpc) is 3.93. The number of aromatic hydroxyl groups is 1. The van der Waals surface area contributed by atoms with Gasteiger partial charge in [-0.1, -0.05) is 73.7 Å². The number of carbonyl (C=O) groups is 3. The van der Waals surface area contributed by atoms with E-state index in [1.807, 2.05) is 41.3 Å². The summed E-state index contributed by atoms with van der Waals surface area (Å²) in [5, 5.41) is 51.1. The second kappa shape index (κ2) is 18.4. The first kappa shape index (κ1) is 42.1. The molecule has 1 saturated heterocycles. The molecule has 0 spiro atoms. The summed E-state index contributed by atoms with van der Waals surface area (Å²) >= 11 is 0. The van der Waals surface area contributed by atoms with Gasteiger partial charge in [0, 0.05) is 49.8 Å². The normalized spacial score (nSPS) is 20.2. The number of alkyl halides is 3. The SMILES string of the molecule is CCC(=O)N[C@H]1C[C@@H](n2cnc3c(NCC(c4ccccc4)c4ccccc4)nc(N4CC[C@@H](NC(=O)Nc5cccc(O)c5)C4)nc32)[C@H](O)[C@@H]1O.O=C(O)C(F)(F)F. The van der Waals surface area contributed by atoms with Crippen LogP contribution in [-0.2, 0) is 9.59 Å². The number of amides is 3. The number of carbonyl (C=O) groups excluding carboxylic acids is 2. The van der Waals surface area contributed by atoms with Gasteiger partial charge in [0.15, 0.2) is 17.0 Å². The maximum Gasteiger partial charge on any atom is 0.490 e. The van der Waals surface area contributed by atoms with Gasteiger partial charge in [-0.3, -0.25) is 4.79 Å². The lowest BCUT2D eigenvalue weighted by molar-refractivity contribution is -0.192. The average molecular weight is 820 g/mol. The number of aliphatic hydroxyl groups is 2. The van der Waals surface area contributed by atoms with Crippen LogP contribution >= 0.6 is 0 Å². The molecule has 7 rings (SSSR count). The number of aliphatic hydroxyl groups excluding tert-OH is 2. The Kier molecular flexibility index (Phi) is 13.2. The monoisotopic (exact) mass is 819 g/mol. The standard InChI is InChI=1S/C38H43N9O5.C2HF3O2/c1-2-31(49)43-29-19-30(34(51)33(29)50)47-22-40-32-35(39-20-28(23-10-5-3-6-11-23)24-12-7-4-8-13-24)44-37(45-36(32)47)46-17-16-26(21-46)42-38(52)41-25-14-9-15-27(48)18-25;3-2(4,5)1(6)7/h3-15,18,22,26,28-30,33-34,48,50-51H,2,16-17,19-21H2,1H3,(H,43,49)(H,39,44,45)(H2,41,42,52);(H,6,7)/t26-,29+,30-,33-,34+;/m1./s1. The number of benzene rings is 3. The minimum absolute atomic E-state index is 0.00176. The minimum atomic E-state index is -5.08. The Labute approximate surface area is 336 Å². The molecule has 1 aliphatic carbocycles. The zero-order valence-corrected chi connectivity index (χ0v) is 31.8. The Hall–Kier alpha value is -6.47. The predicted molar refractivity (Wildman–Crippen MR) is 211 cm³/mol. The highest BCUT2D eigenvalue weighted by molar-refractivity contribution is 5.90.